The van der Waals surface area contributed by atoms with E-state index in [9.17, 15) is 4.79 Å². The molecule has 0 aliphatic rings. The molecule has 0 bridgehead atoms. The number of primary amides is 1. The lowest BCUT2D eigenvalue weighted by Crippen LogP contribution is -2.12. The first kappa shape index (κ1) is 6.74. The molecule has 0 unspecified atom stereocenters. The molecule has 0 aliphatic heterocycles. The maximum Gasteiger partial charge on any atom is 0.250 e. The van der Waals surface area contributed by atoms with E-state index >= 15 is 0 Å². The van der Waals surface area contributed by atoms with Crippen LogP contribution in [-0.4, -0.2) is 10.9 Å². The van der Waals surface area contributed by atoms with Crippen LogP contribution in [0.15, 0.2) is 12.3 Å². The van der Waals surface area contributed by atoms with Gasteiger partial charge in [-0.25, -0.2) is 0 Å². The van der Waals surface area contributed by atoms with E-state index in [1.54, 1.807) is 6.92 Å². The van der Waals surface area contributed by atoms with Crippen molar-refractivity contribution < 1.29 is 4.79 Å². The summed E-state index contributed by atoms with van der Waals surface area (Å²) in [5.41, 5.74) is 6.09. The molecule has 1 amide bonds. The highest BCUT2D eigenvalue weighted by atomic mass is 16.1. The summed E-state index contributed by atoms with van der Waals surface area (Å²) in [4.78, 5) is 14.4. The van der Waals surface area contributed by atoms with E-state index in [2.05, 4.69) is 11.1 Å². The quantitative estimate of drug-likeness (QED) is 0.601. The van der Waals surface area contributed by atoms with Crippen LogP contribution in [0.5, 0.6) is 0 Å². The lowest BCUT2D eigenvalue weighted by atomic mass is 10.2. The number of carbonyl (C=O) groups excluding carboxylic acids is 1. The largest absolute Gasteiger partial charge is 0.366 e. The van der Waals surface area contributed by atoms with Gasteiger partial charge in [-0.05, 0) is 13.0 Å². The van der Waals surface area contributed by atoms with Crippen LogP contribution in [0.1, 0.15) is 16.1 Å². The Kier molecular flexibility index (Phi) is 1.67. The Balaban J connectivity index is 3.15. The van der Waals surface area contributed by atoms with Crippen LogP contribution in [0.25, 0.3) is 0 Å². The van der Waals surface area contributed by atoms with Crippen molar-refractivity contribution in [2.24, 2.45) is 5.73 Å². The Labute approximate surface area is 58.9 Å². The zero-order valence-corrected chi connectivity index (χ0v) is 5.59. The van der Waals surface area contributed by atoms with Gasteiger partial charge in [-0.2, -0.15) is 0 Å². The Morgan fingerprint density at radius 1 is 1.80 bits per heavy atom. The van der Waals surface area contributed by atoms with Crippen molar-refractivity contribution in [1.82, 2.24) is 4.98 Å². The van der Waals surface area contributed by atoms with Gasteiger partial charge in [0.25, 0.3) is 5.91 Å². The number of rotatable bonds is 1. The predicted molar refractivity (Wildman–Crippen MR) is 36.3 cm³/mol. The normalized spacial score (nSPS) is 9.30. The number of nitrogens with zero attached hydrogens (tertiary/aromatic N) is 1. The molecule has 0 spiro atoms. The average Bonchev–Trinajstić information content (AvgIpc) is 1.88. The topological polar surface area (TPSA) is 56.0 Å². The monoisotopic (exact) mass is 135 g/mol. The van der Waals surface area contributed by atoms with E-state index in [4.69, 9.17) is 5.73 Å². The van der Waals surface area contributed by atoms with Gasteiger partial charge >= 0.3 is 0 Å². The average molecular weight is 135 g/mol. The molecule has 0 saturated carbocycles. The third kappa shape index (κ3) is 1.13. The lowest BCUT2D eigenvalue weighted by Gasteiger charge is -1.96. The summed E-state index contributed by atoms with van der Waals surface area (Å²) in [7, 11) is 0. The minimum absolute atomic E-state index is 0.433. The van der Waals surface area contributed by atoms with Gasteiger partial charge in [0, 0.05) is 12.3 Å². The Morgan fingerprint density at radius 2 is 2.50 bits per heavy atom. The van der Waals surface area contributed by atoms with Crippen molar-refractivity contribution in [3.63, 3.8) is 0 Å². The van der Waals surface area contributed by atoms with Gasteiger partial charge in [0.05, 0.1) is 11.3 Å². The number of nitrogens with two attached hydrogens (primary N) is 1. The third-order valence-electron chi connectivity index (χ3n) is 1.22. The molecule has 3 nitrogen and oxygen atoms in total. The number of aryl methyl sites for hydroxylation is 1. The van der Waals surface area contributed by atoms with E-state index in [0.29, 0.717) is 11.3 Å². The van der Waals surface area contributed by atoms with Crippen molar-refractivity contribution in [1.29, 1.82) is 0 Å². The van der Waals surface area contributed by atoms with E-state index in [0.717, 1.165) is 0 Å². The minimum Gasteiger partial charge on any atom is -0.366 e. The van der Waals surface area contributed by atoms with Gasteiger partial charge in [-0.1, -0.05) is 0 Å². The van der Waals surface area contributed by atoms with Crippen molar-refractivity contribution >= 4 is 5.91 Å². The van der Waals surface area contributed by atoms with Crippen LogP contribution in [-0.2, 0) is 0 Å². The highest BCUT2D eigenvalue weighted by Crippen LogP contribution is 2.00. The van der Waals surface area contributed by atoms with Gasteiger partial charge in [0.2, 0.25) is 0 Å². The molecule has 1 heterocycles. The van der Waals surface area contributed by atoms with Gasteiger partial charge in [0.15, 0.2) is 0 Å². The highest BCUT2D eigenvalue weighted by molar-refractivity contribution is 5.93. The molecule has 0 saturated heterocycles. The van der Waals surface area contributed by atoms with E-state index in [1.165, 1.54) is 12.3 Å². The first-order chi connectivity index (χ1) is 4.72. The summed E-state index contributed by atoms with van der Waals surface area (Å²) in [5, 5.41) is 0. The second kappa shape index (κ2) is 2.47. The molecule has 1 rings (SSSR count). The van der Waals surface area contributed by atoms with Gasteiger partial charge in [-0.3, -0.25) is 9.78 Å². The number of hydrogen-bond donors (Lipinski definition) is 1. The molecule has 0 atom stereocenters. The first-order valence-corrected chi connectivity index (χ1v) is 2.84. The number of amides is 1. The molecule has 10 heavy (non-hydrogen) atoms. The summed E-state index contributed by atoms with van der Waals surface area (Å²) in [6.07, 6.45) is 1.50. The molecule has 1 aromatic rings. The molecule has 3 heteroatoms. The van der Waals surface area contributed by atoms with Crippen molar-refractivity contribution in [3.05, 3.63) is 29.6 Å². The van der Waals surface area contributed by atoms with Gasteiger partial charge in [0.1, 0.15) is 0 Å². The smallest absolute Gasteiger partial charge is 0.250 e. The molecule has 0 fully saturated rings. The van der Waals surface area contributed by atoms with E-state index < -0.39 is 5.91 Å². The SMILES string of the molecule is Cc1nc[c]cc1C(N)=O. The van der Waals surface area contributed by atoms with Crippen LogP contribution < -0.4 is 5.73 Å². The van der Waals surface area contributed by atoms with Crippen molar-refractivity contribution in [2.45, 2.75) is 6.92 Å². The lowest BCUT2D eigenvalue weighted by molar-refractivity contribution is 0.0999. The zero-order valence-electron chi connectivity index (χ0n) is 5.59. The van der Waals surface area contributed by atoms with E-state index in [1.807, 2.05) is 0 Å². The molecule has 0 aromatic carbocycles. The van der Waals surface area contributed by atoms with Crippen LogP contribution in [0.3, 0.4) is 0 Å². The fourth-order valence-corrected chi connectivity index (χ4v) is 0.678. The summed E-state index contributed by atoms with van der Waals surface area (Å²) in [6, 6.07) is 4.20. The number of pyridine rings is 1. The second-order valence-electron chi connectivity index (χ2n) is 1.93. The summed E-state index contributed by atoms with van der Waals surface area (Å²) < 4.78 is 0. The van der Waals surface area contributed by atoms with Crippen molar-refractivity contribution in [3.8, 4) is 0 Å². The van der Waals surface area contributed by atoms with Crippen LogP contribution >= 0.6 is 0 Å². The summed E-state index contributed by atoms with van der Waals surface area (Å²) in [5.74, 6) is -0.457. The maximum absolute atomic E-state index is 10.6. The Hall–Kier alpha value is -1.38. The molecule has 0 aliphatic carbocycles. The Morgan fingerprint density at radius 3 is 2.90 bits per heavy atom. The van der Waals surface area contributed by atoms with Gasteiger partial charge in [-0.15, -0.1) is 0 Å². The molecule has 1 aromatic heterocycles. The first-order valence-electron chi connectivity index (χ1n) is 2.84. The highest BCUT2D eigenvalue weighted by Gasteiger charge is 2.02. The third-order valence-corrected chi connectivity index (χ3v) is 1.22. The summed E-state index contributed by atoms with van der Waals surface area (Å²) in [6.45, 7) is 1.73. The second-order valence-corrected chi connectivity index (χ2v) is 1.93. The Bertz CT molecular complexity index is 258. The molecule has 1 radical (unpaired) electrons. The van der Waals surface area contributed by atoms with E-state index in [-0.39, 0.29) is 0 Å². The van der Waals surface area contributed by atoms with Crippen LogP contribution in [0.4, 0.5) is 0 Å². The standard InChI is InChI=1S/C7H7N2O/c1-5-6(7(8)10)3-2-4-9-5/h3-4H,1H3,(H2,8,10). The fraction of sp³-hybridized carbons (Fsp3) is 0.143. The van der Waals surface area contributed by atoms with Crippen molar-refractivity contribution in [2.75, 3.05) is 0 Å². The van der Waals surface area contributed by atoms with Crippen LogP contribution in [0.2, 0.25) is 0 Å². The van der Waals surface area contributed by atoms with Crippen LogP contribution in [0, 0.1) is 13.0 Å². The van der Waals surface area contributed by atoms with Gasteiger partial charge < -0.3 is 5.73 Å². The maximum atomic E-state index is 10.6. The molecule has 2 N–H and O–H groups in total. The number of hydrogen-bond acceptors (Lipinski definition) is 2. The zero-order chi connectivity index (χ0) is 7.56. The predicted octanol–water partition coefficient (Wildman–Crippen LogP) is 0.289. The fourth-order valence-electron chi connectivity index (χ4n) is 0.678. The number of carbonyl (C=O) groups is 1. The molecule has 51 valence electrons. The minimum atomic E-state index is -0.457. The number of aromatic nitrogens is 1. The molecular weight excluding hydrogens is 128 g/mol. The summed E-state index contributed by atoms with van der Waals surface area (Å²) >= 11 is 0. The molecular formula is C7H7N2O.